The van der Waals surface area contributed by atoms with Crippen LogP contribution in [0, 0.1) is 6.92 Å². The van der Waals surface area contributed by atoms with E-state index in [4.69, 9.17) is 4.74 Å². The van der Waals surface area contributed by atoms with Crippen LogP contribution >= 0.6 is 15.9 Å². The molecule has 0 fully saturated rings. The third-order valence-electron chi connectivity index (χ3n) is 3.53. The predicted molar refractivity (Wildman–Crippen MR) is 91.8 cm³/mol. The number of para-hydroxylation sites is 2. The van der Waals surface area contributed by atoms with Gasteiger partial charge in [-0.25, -0.2) is 4.79 Å². The second-order valence-corrected chi connectivity index (χ2v) is 6.16. The van der Waals surface area contributed by atoms with Crippen molar-refractivity contribution in [3.8, 4) is 5.75 Å². The SMILES string of the molecule is Cc1cc(NC(=O)CN2CC(=O)Oc3ccccc32)ccc1Br. The predicted octanol–water partition coefficient (Wildman–Crippen LogP) is 3.12. The first-order valence-corrected chi connectivity index (χ1v) is 7.93. The molecule has 118 valence electrons. The number of ether oxygens (including phenoxy) is 1. The summed E-state index contributed by atoms with van der Waals surface area (Å²) in [5.74, 6) is -0.0664. The van der Waals surface area contributed by atoms with Crippen molar-refractivity contribution in [2.75, 3.05) is 23.3 Å². The average Bonchev–Trinajstić information content (AvgIpc) is 2.51. The van der Waals surface area contributed by atoms with Crippen LogP contribution in [0.3, 0.4) is 0 Å². The molecule has 6 heteroatoms. The number of carbonyl (C=O) groups excluding carboxylic acids is 2. The molecule has 0 aromatic heterocycles. The second kappa shape index (κ2) is 6.42. The van der Waals surface area contributed by atoms with Crippen molar-refractivity contribution in [1.82, 2.24) is 0 Å². The number of anilines is 2. The molecule has 0 unspecified atom stereocenters. The van der Waals surface area contributed by atoms with Crippen molar-refractivity contribution in [2.24, 2.45) is 0 Å². The first-order valence-electron chi connectivity index (χ1n) is 7.13. The number of hydrogen-bond acceptors (Lipinski definition) is 4. The molecule has 0 saturated heterocycles. The van der Waals surface area contributed by atoms with E-state index in [-0.39, 0.29) is 25.0 Å². The normalized spacial score (nSPS) is 13.3. The van der Waals surface area contributed by atoms with Crippen LogP contribution in [0.1, 0.15) is 5.56 Å². The Bertz CT molecular complexity index is 776. The maximum Gasteiger partial charge on any atom is 0.331 e. The van der Waals surface area contributed by atoms with Crippen molar-refractivity contribution < 1.29 is 14.3 Å². The van der Waals surface area contributed by atoms with E-state index in [1.807, 2.05) is 37.3 Å². The van der Waals surface area contributed by atoms with Crippen molar-refractivity contribution in [3.63, 3.8) is 0 Å². The van der Waals surface area contributed by atoms with Gasteiger partial charge in [0, 0.05) is 10.2 Å². The quantitative estimate of drug-likeness (QED) is 0.662. The van der Waals surface area contributed by atoms with Crippen LogP contribution in [0.5, 0.6) is 5.75 Å². The van der Waals surface area contributed by atoms with Crippen LogP contribution in [0.4, 0.5) is 11.4 Å². The lowest BCUT2D eigenvalue weighted by Gasteiger charge is -2.29. The number of benzene rings is 2. The number of nitrogens with one attached hydrogen (secondary N) is 1. The Morgan fingerprint density at radius 3 is 2.87 bits per heavy atom. The minimum absolute atomic E-state index is 0.0593. The van der Waals surface area contributed by atoms with Crippen LogP contribution in [-0.4, -0.2) is 25.0 Å². The number of amides is 1. The van der Waals surface area contributed by atoms with Crippen molar-refractivity contribution in [3.05, 3.63) is 52.5 Å². The number of rotatable bonds is 3. The zero-order valence-corrected chi connectivity index (χ0v) is 14.1. The van der Waals surface area contributed by atoms with Gasteiger partial charge in [0.1, 0.15) is 6.54 Å². The molecule has 1 heterocycles. The fourth-order valence-corrected chi connectivity index (χ4v) is 2.68. The number of esters is 1. The van der Waals surface area contributed by atoms with Gasteiger partial charge in [-0.3, -0.25) is 4.79 Å². The molecule has 2 aromatic carbocycles. The fourth-order valence-electron chi connectivity index (χ4n) is 2.44. The highest BCUT2D eigenvalue weighted by Crippen LogP contribution is 2.31. The van der Waals surface area contributed by atoms with Gasteiger partial charge in [-0.15, -0.1) is 0 Å². The molecule has 1 N–H and O–H groups in total. The van der Waals surface area contributed by atoms with E-state index in [1.165, 1.54) is 0 Å². The Kier molecular flexibility index (Phi) is 4.34. The van der Waals surface area contributed by atoms with Gasteiger partial charge in [0.25, 0.3) is 0 Å². The number of hydrogen-bond donors (Lipinski definition) is 1. The van der Waals surface area contributed by atoms with Gasteiger partial charge in [0.05, 0.1) is 12.2 Å². The number of carbonyl (C=O) groups is 2. The van der Waals surface area contributed by atoms with Gasteiger partial charge in [-0.05, 0) is 42.8 Å². The molecule has 3 rings (SSSR count). The summed E-state index contributed by atoms with van der Waals surface area (Å²) in [7, 11) is 0. The summed E-state index contributed by atoms with van der Waals surface area (Å²) in [6, 6.07) is 12.8. The summed E-state index contributed by atoms with van der Waals surface area (Å²) < 4.78 is 6.16. The Balaban J connectivity index is 1.73. The second-order valence-electron chi connectivity index (χ2n) is 5.31. The largest absolute Gasteiger partial charge is 0.423 e. The molecule has 1 amide bonds. The van der Waals surface area contributed by atoms with Gasteiger partial charge in [-0.1, -0.05) is 28.1 Å². The molecule has 0 atom stereocenters. The Morgan fingerprint density at radius 2 is 2.09 bits per heavy atom. The first-order chi connectivity index (χ1) is 11.0. The third-order valence-corrected chi connectivity index (χ3v) is 4.42. The van der Waals surface area contributed by atoms with Crippen LogP contribution in [-0.2, 0) is 9.59 Å². The molecule has 1 aliphatic heterocycles. The monoisotopic (exact) mass is 374 g/mol. The van der Waals surface area contributed by atoms with E-state index in [9.17, 15) is 9.59 Å². The molecule has 0 spiro atoms. The summed E-state index contributed by atoms with van der Waals surface area (Å²) in [5.41, 5.74) is 2.51. The Labute approximate surface area is 142 Å². The fraction of sp³-hybridized carbons (Fsp3) is 0.176. The lowest BCUT2D eigenvalue weighted by molar-refractivity contribution is -0.133. The summed E-state index contributed by atoms with van der Waals surface area (Å²) in [6.45, 7) is 2.10. The van der Waals surface area contributed by atoms with E-state index < -0.39 is 0 Å². The smallest absolute Gasteiger partial charge is 0.331 e. The van der Waals surface area contributed by atoms with Crippen LogP contribution in [0.2, 0.25) is 0 Å². The molecule has 23 heavy (non-hydrogen) atoms. The van der Waals surface area contributed by atoms with Gasteiger partial charge < -0.3 is 15.0 Å². The molecule has 1 aliphatic rings. The Morgan fingerprint density at radius 1 is 1.30 bits per heavy atom. The topological polar surface area (TPSA) is 58.6 Å². The van der Waals surface area contributed by atoms with Gasteiger partial charge in [-0.2, -0.15) is 0 Å². The molecular formula is C17H15BrN2O3. The van der Waals surface area contributed by atoms with E-state index in [0.717, 1.165) is 21.4 Å². The summed E-state index contributed by atoms with van der Waals surface area (Å²) in [6.07, 6.45) is 0. The van der Waals surface area contributed by atoms with Crippen molar-refractivity contribution >= 4 is 39.2 Å². The van der Waals surface area contributed by atoms with Crippen LogP contribution in [0.25, 0.3) is 0 Å². The minimum atomic E-state index is -0.365. The highest BCUT2D eigenvalue weighted by molar-refractivity contribution is 9.10. The molecule has 0 bridgehead atoms. The molecule has 0 saturated carbocycles. The lowest BCUT2D eigenvalue weighted by atomic mass is 10.2. The highest BCUT2D eigenvalue weighted by atomic mass is 79.9. The average molecular weight is 375 g/mol. The maximum absolute atomic E-state index is 12.3. The summed E-state index contributed by atoms with van der Waals surface area (Å²) in [5, 5.41) is 2.85. The van der Waals surface area contributed by atoms with E-state index >= 15 is 0 Å². The number of nitrogens with zero attached hydrogens (tertiary/aromatic N) is 1. The number of aryl methyl sites for hydroxylation is 1. The van der Waals surface area contributed by atoms with Crippen molar-refractivity contribution in [2.45, 2.75) is 6.92 Å². The standard InChI is InChI=1S/C17H15BrN2O3/c1-11-8-12(6-7-13(11)18)19-16(21)9-20-10-17(22)23-15-5-3-2-4-14(15)20/h2-8H,9-10H2,1H3,(H,19,21). The van der Waals surface area contributed by atoms with Crippen LogP contribution < -0.4 is 15.0 Å². The van der Waals surface area contributed by atoms with Crippen molar-refractivity contribution in [1.29, 1.82) is 0 Å². The maximum atomic E-state index is 12.3. The number of halogens is 1. The van der Waals surface area contributed by atoms with Gasteiger partial charge in [0.15, 0.2) is 5.75 Å². The molecular weight excluding hydrogens is 360 g/mol. The minimum Gasteiger partial charge on any atom is -0.423 e. The molecule has 0 radical (unpaired) electrons. The van der Waals surface area contributed by atoms with E-state index in [2.05, 4.69) is 21.2 Å². The van der Waals surface area contributed by atoms with E-state index in [1.54, 1.807) is 17.0 Å². The molecule has 2 aromatic rings. The van der Waals surface area contributed by atoms with Gasteiger partial charge in [0.2, 0.25) is 5.91 Å². The van der Waals surface area contributed by atoms with Gasteiger partial charge >= 0.3 is 5.97 Å². The highest BCUT2D eigenvalue weighted by Gasteiger charge is 2.25. The molecule has 0 aliphatic carbocycles. The zero-order chi connectivity index (χ0) is 16.4. The Hall–Kier alpha value is -2.34. The van der Waals surface area contributed by atoms with E-state index in [0.29, 0.717) is 5.75 Å². The lowest BCUT2D eigenvalue weighted by Crippen LogP contribution is -2.41. The summed E-state index contributed by atoms with van der Waals surface area (Å²) >= 11 is 3.43. The molecule has 5 nitrogen and oxygen atoms in total. The zero-order valence-electron chi connectivity index (χ0n) is 12.5. The first kappa shape index (κ1) is 15.6. The summed E-state index contributed by atoms with van der Waals surface area (Å²) in [4.78, 5) is 25.6. The number of fused-ring (bicyclic) bond motifs is 1. The third kappa shape index (κ3) is 3.53. The van der Waals surface area contributed by atoms with Crippen LogP contribution in [0.15, 0.2) is 46.9 Å².